The van der Waals surface area contributed by atoms with Crippen LogP contribution < -0.4 is 5.32 Å². The van der Waals surface area contributed by atoms with Crippen molar-refractivity contribution in [3.8, 4) is 0 Å². The van der Waals surface area contributed by atoms with Gasteiger partial charge < -0.3 is 5.32 Å². The normalized spacial score (nSPS) is 22.4. The van der Waals surface area contributed by atoms with E-state index in [4.69, 9.17) is 0 Å². The fraction of sp³-hybridized carbons (Fsp3) is 0.700. The van der Waals surface area contributed by atoms with Crippen LogP contribution in [0.5, 0.6) is 0 Å². The van der Waals surface area contributed by atoms with E-state index in [2.05, 4.69) is 10.4 Å². The second-order valence-electron chi connectivity index (χ2n) is 4.15. The van der Waals surface area contributed by atoms with Gasteiger partial charge in [0, 0.05) is 31.3 Å². The number of hydrogen-bond donors (Lipinski definition) is 1. The Hall–Kier alpha value is -1.04. The van der Waals surface area contributed by atoms with E-state index in [1.54, 1.807) is 0 Å². The molecule has 2 rings (SSSR count). The molecular weight excluding hydrogens is 219 g/mol. The summed E-state index contributed by atoms with van der Waals surface area (Å²) in [7, 11) is 1.52. The molecule has 90 valence electrons. The van der Waals surface area contributed by atoms with Gasteiger partial charge in [-0.3, -0.25) is 4.68 Å². The lowest BCUT2D eigenvalue weighted by Crippen LogP contribution is -2.29. The van der Waals surface area contributed by atoms with E-state index >= 15 is 0 Å². The molecule has 2 heterocycles. The molecule has 1 aliphatic rings. The Morgan fingerprint density at radius 1 is 1.50 bits per heavy atom. The van der Waals surface area contributed by atoms with Crippen molar-refractivity contribution in [1.29, 1.82) is 0 Å². The number of aryl methyl sites for hydroxylation is 1. The smallest absolute Gasteiger partial charge is 0.316 e. The van der Waals surface area contributed by atoms with Crippen LogP contribution in [-0.4, -0.2) is 22.9 Å². The Bertz CT molecular complexity index is 364. The van der Waals surface area contributed by atoms with Crippen molar-refractivity contribution in [3.63, 3.8) is 0 Å². The maximum Gasteiger partial charge on any atom is 0.435 e. The predicted octanol–water partition coefficient (Wildman–Crippen LogP) is 1.91. The van der Waals surface area contributed by atoms with E-state index in [0.29, 0.717) is 12.1 Å². The number of halogens is 3. The summed E-state index contributed by atoms with van der Waals surface area (Å²) in [5.41, 5.74) is -0.411. The summed E-state index contributed by atoms with van der Waals surface area (Å²) in [6, 6.07) is 0. The summed E-state index contributed by atoms with van der Waals surface area (Å²) in [4.78, 5) is 0. The molecule has 1 atom stereocenters. The van der Waals surface area contributed by atoms with Gasteiger partial charge in [-0.15, -0.1) is 0 Å². The quantitative estimate of drug-likeness (QED) is 0.803. The fourth-order valence-corrected chi connectivity index (χ4v) is 2.14. The summed E-state index contributed by atoms with van der Waals surface area (Å²) in [5, 5.41) is 6.64. The lowest BCUT2D eigenvalue weighted by atomic mass is 9.92. The van der Waals surface area contributed by atoms with Crippen molar-refractivity contribution in [1.82, 2.24) is 15.1 Å². The lowest BCUT2D eigenvalue weighted by Gasteiger charge is -2.22. The summed E-state index contributed by atoms with van der Waals surface area (Å²) in [5.74, 6) is -0.0703. The molecule has 0 bridgehead atoms. The van der Waals surface area contributed by atoms with Crippen LogP contribution in [0.2, 0.25) is 0 Å². The summed E-state index contributed by atoms with van der Waals surface area (Å²) < 4.78 is 39.4. The standard InChI is InChI=1S/C10H14F3N3/c1-16-6-8(7-3-2-4-14-5-7)9(15-16)10(11,12)13/h6-7,14H,2-5H2,1H3. The minimum Gasteiger partial charge on any atom is -0.316 e. The third-order valence-electron chi connectivity index (χ3n) is 2.86. The third kappa shape index (κ3) is 2.21. The van der Waals surface area contributed by atoms with Crippen LogP contribution in [0, 0.1) is 0 Å². The lowest BCUT2D eigenvalue weighted by molar-refractivity contribution is -0.142. The zero-order valence-electron chi connectivity index (χ0n) is 9.01. The first-order valence-corrected chi connectivity index (χ1v) is 5.30. The van der Waals surface area contributed by atoms with Crippen LogP contribution in [0.25, 0.3) is 0 Å². The molecule has 0 aliphatic carbocycles. The van der Waals surface area contributed by atoms with Gasteiger partial charge in [-0.1, -0.05) is 0 Å². The molecule has 1 N–H and O–H groups in total. The predicted molar refractivity (Wildman–Crippen MR) is 53.1 cm³/mol. The highest BCUT2D eigenvalue weighted by Crippen LogP contribution is 2.35. The fourth-order valence-electron chi connectivity index (χ4n) is 2.14. The number of aromatic nitrogens is 2. The Balaban J connectivity index is 2.31. The largest absolute Gasteiger partial charge is 0.435 e. The van der Waals surface area contributed by atoms with Gasteiger partial charge in [-0.25, -0.2) is 0 Å². The SMILES string of the molecule is Cn1cc(C2CCCNC2)c(C(F)(F)F)n1. The van der Waals surface area contributed by atoms with Crippen molar-refractivity contribution in [3.05, 3.63) is 17.5 Å². The molecule has 1 aromatic rings. The molecule has 1 aromatic heterocycles. The molecular formula is C10H14F3N3. The Morgan fingerprint density at radius 3 is 2.81 bits per heavy atom. The Morgan fingerprint density at radius 2 is 2.25 bits per heavy atom. The van der Waals surface area contributed by atoms with Crippen molar-refractivity contribution in [2.24, 2.45) is 7.05 Å². The van der Waals surface area contributed by atoms with Gasteiger partial charge in [0.2, 0.25) is 0 Å². The number of nitrogens with one attached hydrogen (secondary N) is 1. The van der Waals surface area contributed by atoms with Gasteiger partial charge >= 0.3 is 6.18 Å². The van der Waals surface area contributed by atoms with E-state index in [1.807, 2.05) is 0 Å². The second-order valence-corrected chi connectivity index (χ2v) is 4.15. The van der Waals surface area contributed by atoms with Crippen molar-refractivity contribution in [2.75, 3.05) is 13.1 Å². The van der Waals surface area contributed by atoms with E-state index in [1.165, 1.54) is 17.9 Å². The van der Waals surface area contributed by atoms with Gasteiger partial charge in [0.05, 0.1) is 0 Å². The summed E-state index contributed by atoms with van der Waals surface area (Å²) >= 11 is 0. The zero-order chi connectivity index (χ0) is 11.8. The van der Waals surface area contributed by atoms with Crippen molar-refractivity contribution in [2.45, 2.75) is 24.9 Å². The van der Waals surface area contributed by atoms with E-state index in [0.717, 1.165) is 19.4 Å². The average molecular weight is 233 g/mol. The monoisotopic (exact) mass is 233 g/mol. The minimum absolute atomic E-state index is 0.0703. The highest BCUT2D eigenvalue weighted by molar-refractivity contribution is 5.25. The van der Waals surface area contributed by atoms with Crippen LogP contribution in [0.4, 0.5) is 13.2 Å². The molecule has 1 fully saturated rings. The molecule has 0 aromatic carbocycles. The topological polar surface area (TPSA) is 29.9 Å². The first-order chi connectivity index (χ1) is 7.48. The maximum absolute atomic E-state index is 12.7. The first-order valence-electron chi connectivity index (χ1n) is 5.30. The second kappa shape index (κ2) is 4.08. The third-order valence-corrected chi connectivity index (χ3v) is 2.86. The van der Waals surface area contributed by atoms with Crippen LogP contribution in [-0.2, 0) is 13.2 Å². The van der Waals surface area contributed by atoms with Gasteiger partial charge in [-0.2, -0.15) is 18.3 Å². The van der Waals surface area contributed by atoms with Crippen molar-refractivity contribution >= 4 is 0 Å². The molecule has 0 amide bonds. The molecule has 0 saturated carbocycles. The first kappa shape index (κ1) is 11.4. The number of rotatable bonds is 1. The number of alkyl halides is 3. The van der Waals surface area contributed by atoms with Crippen molar-refractivity contribution < 1.29 is 13.2 Å². The number of piperidine rings is 1. The highest BCUT2D eigenvalue weighted by atomic mass is 19.4. The van der Waals surface area contributed by atoms with Crippen LogP contribution in [0.3, 0.4) is 0 Å². The van der Waals surface area contributed by atoms with Gasteiger partial charge in [-0.05, 0) is 19.4 Å². The summed E-state index contributed by atoms with van der Waals surface area (Å²) in [6.45, 7) is 1.49. The number of nitrogens with zero attached hydrogens (tertiary/aromatic N) is 2. The van der Waals surface area contributed by atoms with E-state index < -0.39 is 11.9 Å². The Kier molecular flexibility index (Phi) is 2.92. The molecule has 1 saturated heterocycles. The van der Waals surface area contributed by atoms with Crippen LogP contribution >= 0.6 is 0 Å². The zero-order valence-corrected chi connectivity index (χ0v) is 9.01. The summed E-state index contributed by atoms with van der Waals surface area (Å²) in [6.07, 6.45) is -1.16. The van der Waals surface area contributed by atoms with E-state index in [9.17, 15) is 13.2 Å². The molecule has 3 nitrogen and oxygen atoms in total. The molecule has 1 unspecified atom stereocenters. The van der Waals surface area contributed by atoms with Crippen LogP contribution in [0.1, 0.15) is 30.0 Å². The minimum atomic E-state index is -4.35. The Labute approximate surface area is 91.6 Å². The van der Waals surface area contributed by atoms with E-state index in [-0.39, 0.29) is 5.92 Å². The molecule has 6 heteroatoms. The highest BCUT2D eigenvalue weighted by Gasteiger charge is 2.38. The maximum atomic E-state index is 12.7. The molecule has 0 spiro atoms. The molecule has 1 aliphatic heterocycles. The van der Waals surface area contributed by atoms with Crippen LogP contribution in [0.15, 0.2) is 6.20 Å². The average Bonchev–Trinajstić information content (AvgIpc) is 2.61. The molecule has 0 radical (unpaired) electrons. The number of hydrogen-bond acceptors (Lipinski definition) is 2. The van der Waals surface area contributed by atoms with Gasteiger partial charge in [0.25, 0.3) is 0 Å². The van der Waals surface area contributed by atoms with Gasteiger partial charge in [0.15, 0.2) is 5.69 Å². The van der Waals surface area contributed by atoms with Gasteiger partial charge in [0.1, 0.15) is 0 Å². The molecule has 16 heavy (non-hydrogen) atoms.